The Morgan fingerprint density at radius 1 is 1.20 bits per heavy atom. The summed E-state index contributed by atoms with van der Waals surface area (Å²) in [5.74, 6) is 0. The lowest BCUT2D eigenvalue weighted by molar-refractivity contribution is 0.674. The van der Waals surface area contributed by atoms with Crippen LogP contribution in [0.3, 0.4) is 0 Å². The molecule has 1 aliphatic rings. The molecule has 0 spiro atoms. The number of unbranched alkanes of at least 4 members (excludes halogenated alkanes) is 4. The van der Waals surface area contributed by atoms with Crippen molar-refractivity contribution in [1.82, 2.24) is 0 Å². The quantitative estimate of drug-likeness (QED) is 0.309. The van der Waals surface area contributed by atoms with E-state index in [-0.39, 0.29) is 0 Å². The van der Waals surface area contributed by atoms with Gasteiger partial charge in [-0.05, 0) is 32.6 Å². The Bertz CT molecular complexity index is 190. The van der Waals surface area contributed by atoms with E-state index in [0.29, 0.717) is 0 Å². The van der Waals surface area contributed by atoms with Crippen LogP contribution in [0, 0.1) is 0 Å². The SMILES string of the molecule is C=CC=CC.CCCCCCC=C1CC1. The summed E-state index contributed by atoms with van der Waals surface area (Å²) >= 11 is 0. The van der Waals surface area contributed by atoms with Crippen molar-refractivity contribution in [3.8, 4) is 0 Å². The van der Waals surface area contributed by atoms with Crippen LogP contribution in [0.1, 0.15) is 58.8 Å². The fourth-order valence-electron chi connectivity index (χ4n) is 1.29. The Balaban J connectivity index is 0.000000336. The van der Waals surface area contributed by atoms with E-state index in [1.807, 2.05) is 19.1 Å². The second-order valence-corrected chi connectivity index (χ2v) is 3.97. The van der Waals surface area contributed by atoms with E-state index in [1.54, 1.807) is 11.6 Å². The maximum Gasteiger partial charge on any atom is -0.0283 e. The van der Waals surface area contributed by atoms with Crippen molar-refractivity contribution >= 4 is 0 Å². The summed E-state index contributed by atoms with van der Waals surface area (Å²) in [7, 11) is 0. The highest BCUT2D eigenvalue weighted by Crippen LogP contribution is 2.28. The van der Waals surface area contributed by atoms with Crippen LogP contribution in [0.15, 0.2) is 36.5 Å². The van der Waals surface area contributed by atoms with Crippen LogP contribution in [-0.4, -0.2) is 0 Å². The van der Waals surface area contributed by atoms with Crippen LogP contribution in [0.25, 0.3) is 0 Å². The van der Waals surface area contributed by atoms with Gasteiger partial charge in [-0.2, -0.15) is 0 Å². The van der Waals surface area contributed by atoms with Gasteiger partial charge in [-0.1, -0.05) is 62.6 Å². The predicted octanol–water partition coefficient (Wildman–Crippen LogP) is 5.43. The zero-order valence-corrected chi connectivity index (χ0v) is 10.5. The highest BCUT2D eigenvalue weighted by molar-refractivity contribution is 5.15. The van der Waals surface area contributed by atoms with Gasteiger partial charge in [0.25, 0.3) is 0 Å². The maximum atomic E-state index is 3.46. The molecule has 1 saturated carbocycles. The average Bonchev–Trinajstić information content (AvgIpc) is 3.04. The Hall–Kier alpha value is -0.780. The first-order chi connectivity index (χ1) is 7.35. The van der Waals surface area contributed by atoms with Gasteiger partial charge in [-0.3, -0.25) is 0 Å². The molecule has 0 aromatic rings. The molecule has 86 valence electrons. The molecule has 1 aliphatic carbocycles. The van der Waals surface area contributed by atoms with Gasteiger partial charge < -0.3 is 0 Å². The molecule has 0 aromatic heterocycles. The third kappa shape index (κ3) is 13.2. The summed E-state index contributed by atoms with van der Waals surface area (Å²) in [6, 6.07) is 0. The molecule has 0 heterocycles. The smallest absolute Gasteiger partial charge is 0.0283 e. The number of hydrogen-bond acceptors (Lipinski definition) is 0. The van der Waals surface area contributed by atoms with Crippen molar-refractivity contribution < 1.29 is 0 Å². The summed E-state index contributed by atoms with van der Waals surface area (Å²) in [6.45, 7) is 7.69. The van der Waals surface area contributed by atoms with Gasteiger partial charge in [-0.25, -0.2) is 0 Å². The molecule has 0 saturated heterocycles. The molecule has 0 N–H and O–H groups in total. The first kappa shape index (κ1) is 14.2. The lowest BCUT2D eigenvalue weighted by Crippen LogP contribution is -1.72. The Labute approximate surface area is 95.8 Å². The van der Waals surface area contributed by atoms with Gasteiger partial charge in [0.05, 0.1) is 0 Å². The van der Waals surface area contributed by atoms with Crippen LogP contribution in [0.5, 0.6) is 0 Å². The van der Waals surface area contributed by atoms with E-state index in [4.69, 9.17) is 0 Å². The van der Waals surface area contributed by atoms with E-state index < -0.39 is 0 Å². The van der Waals surface area contributed by atoms with Gasteiger partial charge in [0, 0.05) is 0 Å². The molecule has 0 heteroatoms. The second-order valence-electron chi connectivity index (χ2n) is 3.97. The van der Waals surface area contributed by atoms with Gasteiger partial charge in [0.2, 0.25) is 0 Å². The van der Waals surface area contributed by atoms with Gasteiger partial charge in [0.1, 0.15) is 0 Å². The minimum Gasteiger partial charge on any atom is -0.0991 e. The Morgan fingerprint density at radius 2 is 1.93 bits per heavy atom. The Kier molecular flexibility index (Phi) is 10.7. The fraction of sp³-hybridized carbons (Fsp3) is 0.600. The highest BCUT2D eigenvalue weighted by Gasteiger charge is 2.08. The summed E-state index contributed by atoms with van der Waals surface area (Å²) in [6.07, 6.45) is 17.8. The minimum atomic E-state index is 1.34. The summed E-state index contributed by atoms with van der Waals surface area (Å²) in [4.78, 5) is 0. The number of rotatable bonds is 6. The molecule has 0 aromatic carbocycles. The molecule has 15 heavy (non-hydrogen) atoms. The minimum absolute atomic E-state index is 1.34. The van der Waals surface area contributed by atoms with Crippen molar-refractivity contribution in [3.05, 3.63) is 36.5 Å². The predicted molar refractivity (Wildman–Crippen MR) is 71.1 cm³/mol. The summed E-state index contributed by atoms with van der Waals surface area (Å²) in [5, 5.41) is 0. The molecular weight excluding hydrogens is 180 g/mol. The molecule has 0 amide bonds. The normalized spacial score (nSPS) is 13.3. The van der Waals surface area contributed by atoms with E-state index >= 15 is 0 Å². The van der Waals surface area contributed by atoms with Crippen LogP contribution in [0.2, 0.25) is 0 Å². The zero-order valence-electron chi connectivity index (χ0n) is 10.5. The molecule has 0 nitrogen and oxygen atoms in total. The largest absolute Gasteiger partial charge is 0.0991 e. The Morgan fingerprint density at radius 3 is 2.33 bits per heavy atom. The lowest BCUT2D eigenvalue weighted by atomic mass is 10.1. The molecular formula is C15H26. The van der Waals surface area contributed by atoms with Gasteiger partial charge in [-0.15, -0.1) is 0 Å². The molecule has 1 rings (SSSR count). The van der Waals surface area contributed by atoms with Crippen molar-refractivity contribution in [2.75, 3.05) is 0 Å². The number of hydrogen-bond donors (Lipinski definition) is 0. The van der Waals surface area contributed by atoms with E-state index in [0.717, 1.165) is 0 Å². The first-order valence-electron chi connectivity index (χ1n) is 6.26. The monoisotopic (exact) mass is 206 g/mol. The van der Waals surface area contributed by atoms with Crippen molar-refractivity contribution in [3.63, 3.8) is 0 Å². The van der Waals surface area contributed by atoms with Crippen molar-refractivity contribution in [2.24, 2.45) is 0 Å². The van der Waals surface area contributed by atoms with Crippen LogP contribution in [-0.2, 0) is 0 Å². The van der Waals surface area contributed by atoms with Crippen molar-refractivity contribution in [1.29, 1.82) is 0 Å². The third-order valence-electron chi connectivity index (χ3n) is 2.36. The lowest BCUT2D eigenvalue weighted by Gasteiger charge is -1.92. The zero-order chi connectivity index (χ0) is 11.4. The number of allylic oxidation sites excluding steroid dienone is 5. The molecule has 0 atom stereocenters. The van der Waals surface area contributed by atoms with Crippen LogP contribution < -0.4 is 0 Å². The van der Waals surface area contributed by atoms with Crippen molar-refractivity contribution in [2.45, 2.75) is 58.8 Å². The summed E-state index contributed by atoms with van der Waals surface area (Å²) < 4.78 is 0. The highest BCUT2D eigenvalue weighted by atomic mass is 14.1. The molecule has 0 bridgehead atoms. The molecule has 0 unspecified atom stereocenters. The third-order valence-corrected chi connectivity index (χ3v) is 2.36. The average molecular weight is 206 g/mol. The maximum absolute atomic E-state index is 3.46. The van der Waals surface area contributed by atoms with E-state index in [2.05, 4.69) is 19.6 Å². The van der Waals surface area contributed by atoms with Crippen LogP contribution in [0.4, 0.5) is 0 Å². The first-order valence-corrected chi connectivity index (χ1v) is 6.26. The van der Waals surface area contributed by atoms with Gasteiger partial charge >= 0.3 is 0 Å². The second kappa shape index (κ2) is 11.3. The standard InChI is InChI=1S/C10H18.C5H8/c1-2-3-4-5-6-7-10-8-9-10;1-3-5-4-2/h7H,2-6,8-9H2,1H3;3-5H,1H2,2H3. The van der Waals surface area contributed by atoms with E-state index in [9.17, 15) is 0 Å². The topological polar surface area (TPSA) is 0 Å². The van der Waals surface area contributed by atoms with Gasteiger partial charge in [0.15, 0.2) is 0 Å². The summed E-state index contributed by atoms with van der Waals surface area (Å²) in [5.41, 5.74) is 1.71. The molecule has 0 radical (unpaired) electrons. The molecule has 0 aliphatic heterocycles. The van der Waals surface area contributed by atoms with Crippen LogP contribution >= 0.6 is 0 Å². The fourth-order valence-corrected chi connectivity index (χ4v) is 1.29. The molecule has 1 fully saturated rings. The van der Waals surface area contributed by atoms with E-state index in [1.165, 1.54) is 44.9 Å².